The number of carbonyl (C=O) groups is 1. The summed E-state index contributed by atoms with van der Waals surface area (Å²) in [5.74, 6) is -0.414. The smallest absolute Gasteiger partial charge is 0.252 e. The molecule has 7 nitrogen and oxygen atoms in total. The summed E-state index contributed by atoms with van der Waals surface area (Å²) in [4.78, 5) is 12.7. The summed E-state index contributed by atoms with van der Waals surface area (Å²) >= 11 is 6.17. The van der Waals surface area contributed by atoms with Crippen LogP contribution in [0.2, 0.25) is 5.02 Å². The lowest BCUT2D eigenvalue weighted by molar-refractivity contribution is 0.0954. The Morgan fingerprint density at radius 3 is 2.52 bits per heavy atom. The highest BCUT2D eigenvalue weighted by atomic mass is 35.5. The molecule has 0 unspecified atom stereocenters. The summed E-state index contributed by atoms with van der Waals surface area (Å²) in [7, 11) is -2.20. The van der Waals surface area contributed by atoms with Crippen molar-refractivity contribution in [3.05, 3.63) is 77.1 Å². The van der Waals surface area contributed by atoms with Gasteiger partial charge in [-0.1, -0.05) is 23.7 Å². The molecule has 0 saturated carbocycles. The molecule has 3 aromatic rings. The van der Waals surface area contributed by atoms with Gasteiger partial charge in [0.15, 0.2) is 0 Å². The molecule has 0 aliphatic rings. The lowest BCUT2D eigenvalue weighted by Crippen LogP contribution is -2.33. The fourth-order valence-electron chi connectivity index (χ4n) is 2.94. The van der Waals surface area contributed by atoms with Gasteiger partial charge in [0.2, 0.25) is 10.0 Å². The molecule has 1 N–H and O–H groups in total. The number of benzene rings is 2. The Morgan fingerprint density at radius 1 is 1.19 bits per heavy atom. The third kappa shape index (κ3) is 5.33. The fraction of sp³-hybridized carbons (Fsp3) is 0.273. The number of hydrogen-bond acceptors (Lipinski definition) is 4. The SMILES string of the molecule is CC(C)N(C)S(=O)(=O)c1ccc(Cl)c(C(=O)NCCc2ccc(-n3cccn3)cc2)c1. The standard InChI is InChI=1S/C22H25ClN4O3S/c1-16(2)26(3)31(29,30)19-9-10-21(23)20(15-19)22(28)24-13-11-17-5-7-18(8-6-17)27-14-4-12-25-27/h4-10,12,14-16H,11,13H2,1-3H3,(H,24,28). The zero-order valence-electron chi connectivity index (χ0n) is 17.6. The molecule has 0 atom stereocenters. The third-order valence-electron chi connectivity index (χ3n) is 4.99. The van der Waals surface area contributed by atoms with Crippen molar-refractivity contribution in [3.63, 3.8) is 0 Å². The minimum atomic E-state index is -3.71. The number of sulfonamides is 1. The van der Waals surface area contributed by atoms with Crippen LogP contribution in [-0.4, -0.2) is 48.0 Å². The molecule has 2 aromatic carbocycles. The van der Waals surface area contributed by atoms with Gasteiger partial charge in [-0.3, -0.25) is 4.79 Å². The Balaban J connectivity index is 1.65. The van der Waals surface area contributed by atoms with Gasteiger partial charge in [-0.25, -0.2) is 13.1 Å². The lowest BCUT2D eigenvalue weighted by Gasteiger charge is -2.21. The second-order valence-electron chi connectivity index (χ2n) is 7.38. The van der Waals surface area contributed by atoms with E-state index < -0.39 is 15.9 Å². The van der Waals surface area contributed by atoms with Crippen molar-refractivity contribution >= 4 is 27.5 Å². The largest absolute Gasteiger partial charge is 0.352 e. The highest BCUT2D eigenvalue weighted by Gasteiger charge is 2.25. The summed E-state index contributed by atoms with van der Waals surface area (Å²) in [5, 5.41) is 7.20. The van der Waals surface area contributed by atoms with E-state index in [0.29, 0.717) is 13.0 Å². The highest BCUT2D eigenvalue weighted by molar-refractivity contribution is 7.89. The molecule has 0 bridgehead atoms. The molecular weight excluding hydrogens is 436 g/mol. The maximum absolute atomic E-state index is 12.7. The molecule has 0 spiro atoms. The predicted octanol–water partition coefficient (Wildman–Crippen LogP) is 3.53. The maximum Gasteiger partial charge on any atom is 0.252 e. The van der Waals surface area contributed by atoms with Gasteiger partial charge < -0.3 is 5.32 Å². The predicted molar refractivity (Wildman–Crippen MR) is 121 cm³/mol. The number of amides is 1. The van der Waals surface area contributed by atoms with E-state index in [1.54, 1.807) is 24.7 Å². The number of hydrogen-bond donors (Lipinski definition) is 1. The van der Waals surface area contributed by atoms with Gasteiger partial charge >= 0.3 is 0 Å². The number of nitrogens with one attached hydrogen (secondary N) is 1. The summed E-state index contributed by atoms with van der Waals surface area (Å²) in [6.45, 7) is 3.95. The molecular formula is C22H25ClN4O3S. The average Bonchev–Trinajstić information content (AvgIpc) is 3.28. The number of halogens is 1. The van der Waals surface area contributed by atoms with Crippen molar-refractivity contribution < 1.29 is 13.2 Å². The Hall–Kier alpha value is -2.68. The quantitative estimate of drug-likeness (QED) is 0.557. The Bertz CT molecular complexity index is 1140. The highest BCUT2D eigenvalue weighted by Crippen LogP contribution is 2.23. The summed E-state index contributed by atoms with van der Waals surface area (Å²) in [6, 6.07) is 13.7. The molecule has 3 rings (SSSR count). The van der Waals surface area contributed by atoms with Crippen LogP contribution in [0.5, 0.6) is 0 Å². The van der Waals surface area contributed by atoms with Crippen molar-refractivity contribution in [1.29, 1.82) is 0 Å². The van der Waals surface area contributed by atoms with E-state index >= 15 is 0 Å². The third-order valence-corrected chi connectivity index (χ3v) is 7.35. The summed E-state index contributed by atoms with van der Waals surface area (Å²) < 4.78 is 28.5. The number of nitrogens with zero attached hydrogens (tertiary/aromatic N) is 3. The van der Waals surface area contributed by atoms with Crippen molar-refractivity contribution in [3.8, 4) is 5.69 Å². The molecule has 0 aliphatic carbocycles. The first-order valence-corrected chi connectivity index (χ1v) is 11.7. The first kappa shape index (κ1) is 23.0. The van der Waals surface area contributed by atoms with Gasteiger partial charge in [-0.2, -0.15) is 9.40 Å². The van der Waals surface area contributed by atoms with E-state index in [2.05, 4.69) is 10.4 Å². The van der Waals surface area contributed by atoms with Gasteiger partial charge in [0, 0.05) is 32.0 Å². The molecule has 164 valence electrons. The number of rotatable bonds is 8. The van der Waals surface area contributed by atoms with Crippen LogP contribution in [0, 0.1) is 0 Å². The van der Waals surface area contributed by atoms with Crippen LogP contribution < -0.4 is 5.32 Å². The van der Waals surface area contributed by atoms with E-state index in [1.807, 2.05) is 36.5 Å². The van der Waals surface area contributed by atoms with Gasteiger partial charge in [-0.05, 0) is 62.2 Å². The first-order valence-electron chi connectivity index (χ1n) is 9.85. The van der Waals surface area contributed by atoms with E-state index in [9.17, 15) is 13.2 Å². The average molecular weight is 461 g/mol. The topological polar surface area (TPSA) is 84.3 Å². The molecule has 1 amide bonds. The first-order chi connectivity index (χ1) is 14.7. The second kappa shape index (κ2) is 9.64. The fourth-order valence-corrected chi connectivity index (χ4v) is 4.53. The monoisotopic (exact) mass is 460 g/mol. The summed E-state index contributed by atoms with van der Waals surface area (Å²) in [6.07, 6.45) is 4.21. The van der Waals surface area contributed by atoms with Crippen molar-refractivity contribution in [2.24, 2.45) is 0 Å². The normalized spacial score (nSPS) is 11.8. The molecule has 9 heteroatoms. The number of aromatic nitrogens is 2. The minimum absolute atomic E-state index is 0.0347. The molecule has 1 heterocycles. The zero-order valence-corrected chi connectivity index (χ0v) is 19.2. The Morgan fingerprint density at radius 2 is 1.90 bits per heavy atom. The minimum Gasteiger partial charge on any atom is -0.352 e. The van der Waals surface area contributed by atoms with Crippen LogP contribution in [0.25, 0.3) is 5.69 Å². The van der Waals surface area contributed by atoms with Crippen molar-refractivity contribution in [2.45, 2.75) is 31.2 Å². The van der Waals surface area contributed by atoms with Crippen LogP contribution in [0.15, 0.2) is 65.8 Å². The van der Waals surface area contributed by atoms with Crippen LogP contribution in [0.4, 0.5) is 0 Å². The van der Waals surface area contributed by atoms with E-state index in [0.717, 1.165) is 11.3 Å². The van der Waals surface area contributed by atoms with E-state index in [-0.39, 0.29) is 21.5 Å². The van der Waals surface area contributed by atoms with Crippen molar-refractivity contribution in [2.75, 3.05) is 13.6 Å². The summed E-state index contributed by atoms with van der Waals surface area (Å²) in [5.41, 5.74) is 2.14. The molecule has 1 aromatic heterocycles. The van der Waals surface area contributed by atoms with Gasteiger partial charge in [0.1, 0.15) is 0 Å². The molecule has 0 radical (unpaired) electrons. The Labute approximate surface area is 187 Å². The van der Waals surface area contributed by atoms with Crippen LogP contribution >= 0.6 is 11.6 Å². The molecule has 0 fully saturated rings. The molecule has 31 heavy (non-hydrogen) atoms. The van der Waals surface area contributed by atoms with Crippen molar-refractivity contribution in [1.82, 2.24) is 19.4 Å². The van der Waals surface area contributed by atoms with Gasteiger partial charge in [-0.15, -0.1) is 0 Å². The van der Waals surface area contributed by atoms with Crippen LogP contribution in [0.3, 0.4) is 0 Å². The van der Waals surface area contributed by atoms with Gasteiger partial charge in [0.25, 0.3) is 5.91 Å². The van der Waals surface area contributed by atoms with E-state index in [1.165, 1.54) is 29.6 Å². The maximum atomic E-state index is 12.7. The van der Waals surface area contributed by atoms with Crippen LogP contribution in [-0.2, 0) is 16.4 Å². The second-order valence-corrected chi connectivity index (χ2v) is 9.78. The number of carbonyl (C=O) groups excluding carboxylic acids is 1. The van der Waals surface area contributed by atoms with Gasteiger partial charge in [0.05, 0.1) is 21.2 Å². The van der Waals surface area contributed by atoms with Crippen LogP contribution in [0.1, 0.15) is 29.8 Å². The van der Waals surface area contributed by atoms with E-state index in [4.69, 9.17) is 11.6 Å². The zero-order chi connectivity index (χ0) is 22.6. The Kier molecular flexibility index (Phi) is 7.15. The lowest BCUT2D eigenvalue weighted by atomic mass is 10.1. The molecule has 0 aliphatic heterocycles. The molecule has 0 saturated heterocycles.